The fourth-order valence-corrected chi connectivity index (χ4v) is 2.59. The Kier molecular flexibility index (Phi) is 4.66. The number of hydrogen-bond donors (Lipinski definition) is 1. The summed E-state index contributed by atoms with van der Waals surface area (Å²) in [5, 5.41) is 0. The Morgan fingerprint density at radius 3 is 2.06 bits per heavy atom. The second kappa shape index (κ2) is 6.25. The molecule has 1 aromatic carbocycles. The van der Waals surface area contributed by atoms with Crippen LogP contribution in [0.4, 0.5) is 8.78 Å². The summed E-state index contributed by atoms with van der Waals surface area (Å²) in [6.45, 7) is 2.64. The number of piperidine rings is 1. The van der Waals surface area contributed by atoms with Gasteiger partial charge in [0.2, 0.25) is 0 Å². The van der Waals surface area contributed by atoms with Crippen LogP contribution in [0.25, 0.3) is 0 Å². The first kappa shape index (κ1) is 13.4. The number of hydrogen-bond acceptors (Lipinski definition) is 2. The van der Waals surface area contributed by atoms with Crippen molar-refractivity contribution < 1.29 is 8.78 Å². The number of likely N-dealkylation sites (tertiary alicyclic amines) is 1. The lowest BCUT2D eigenvalue weighted by molar-refractivity contribution is 0.151. The molecule has 100 valence electrons. The molecule has 0 amide bonds. The number of nitrogens with zero attached hydrogens (tertiary/aromatic N) is 1. The maximum absolute atomic E-state index is 12.5. The molecular formula is C14H20F2N2. The lowest BCUT2D eigenvalue weighted by atomic mass is 10.0. The fraction of sp³-hybridized carbons (Fsp3) is 0.571. The SMILES string of the molecule is NCC(c1ccc(C(F)F)cc1)N1CCCCC1. The molecule has 0 radical (unpaired) electrons. The van der Waals surface area contributed by atoms with Crippen molar-refractivity contribution in [3.8, 4) is 0 Å². The van der Waals surface area contributed by atoms with Gasteiger partial charge in [-0.15, -0.1) is 0 Å². The Labute approximate surface area is 107 Å². The number of alkyl halides is 2. The van der Waals surface area contributed by atoms with Crippen molar-refractivity contribution >= 4 is 0 Å². The van der Waals surface area contributed by atoms with Crippen LogP contribution in [0.3, 0.4) is 0 Å². The van der Waals surface area contributed by atoms with Crippen LogP contribution in [0.15, 0.2) is 24.3 Å². The van der Waals surface area contributed by atoms with Gasteiger partial charge in [-0.25, -0.2) is 8.78 Å². The molecule has 1 heterocycles. The molecule has 1 fully saturated rings. The van der Waals surface area contributed by atoms with E-state index in [0.717, 1.165) is 18.7 Å². The molecule has 1 aromatic rings. The summed E-state index contributed by atoms with van der Waals surface area (Å²) in [5.74, 6) is 0. The maximum atomic E-state index is 12.5. The highest BCUT2D eigenvalue weighted by Crippen LogP contribution is 2.26. The Morgan fingerprint density at radius 1 is 1.00 bits per heavy atom. The van der Waals surface area contributed by atoms with Crippen molar-refractivity contribution in [3.63, 3.8) is 0 Å². The largest absolute Gasteiger partial charge is 0.329 e. The van der Waals surface area contributed by atoms with Gasteiger partial charge < -0.3 is 5.73 Å². The number of rotatable bonds is 4. The predicted octanol–water partition coefficient (Wildman–Crippen LogP) is 3.11. The van der Waals surface area contributed by atoms with E-state index in [2.05, 4.69) is 4.90 Å². The zero-order valence-electron chi connectivity index (χ0n) is 10.5. The van der Waals surface area contributed by atoms with Crippen molar-refractivity contribution in [1.82, 2.24) is 4.90 Å². The molecule has 1 unspecified atom stereocenters. The summed E-state index contributed by atoms with van der Waals surface area (Å²) >= 11 is 0. The molecule has 0 aliphatic carbocycles. The molecule has 0 spiro atoms. The van der Waals surface area contributed by atoms with E-state index in [0.29, 0.717) is 6.54 Å². The highest BCUT2D eigenvalue weighted by Gasteiger charge is 2.21. The van der Waals surface area contributed by atoms with E-state index in [-0.39, 0.29) is 11.6 Å². The molecule has 2 rings (SSSR count). The van der Waals surface area contributed by atoms with E-state index in [4.69, 9.17) is 5.73 Å². The monoisotopic (exact) mass is 254 g/mol. The Bertz CT molecular complexity index is 359. The summed E-state index contributed by atoms with van der Waals surface area (Å²) in [7, 11) is 0. The Balaban J connectivity index is 2.11. The number of halogens is 2. The van der Waals surface area contributed by atoms with Gasteiger partial charge in [0.25, 0.3) is 6.43 Å². The van der Waals surface area contributed by atoms with Crippen molar-refractivity contribution in [1.29, 1.82) is 0 Å². The average Bonchev–Trinajstić information content (AvgIpc) is 2.41. The summed E-state index contributed by atoms with van der Waals surface area (Å²) in [5.41, 5.74) is 6.97. The zero-order chi connectivity index (χ0) is 13.0. The quantitative estimate of drug-likeness (QED) is 0.894. The van der Waals surface area contributed by atoms with Crippen LogP contribution in [0, 0.1) is 0 Å². The molecule has 1 aliphatic heterocycles. The van der Waals surface area contributed by atoms with Crippen LogP contribution in [-0.4, -0.2) is 24.5 Å². The second-order valence-corrected chi connectivity index (χ2v) is 4.82. The molecule has 18 heavy (non-hydrogen) atoms. The minimum atomic E-state index is -2.40. The van der Waals surface area contributed by atoms with E-state index in [9.17, 15) is 8.78 Å². The molecule has 1 aliphatic rings. The van der Waals surface area contributed by atoms with Crippen molar-refractivity contribution in [2.75, 3.05) is 19.6 Å². The number of benzene rings is 1. The molecule has 1 atom stereocenters. The molecule has 0 bridgehead atoms. The molecule has 4 heteroatoms. The third-order valence-electron chi connectivity index (χ3n) is 3.63. The van der Waals surface area contributed by atoms with Crippen molar-refractivity contribution in [2.45, 2.75) is 31.7 Å². The Morgan fingerprint density at radius 2 is 1.56 bits per heavy atom. The highest BCUT2D eigenvalue weighted by atomic mass is 19.3. The van der Waals surface area contributed by atoms with Gasteiger partial charge >= 0.3 is 0 Å². The van der Waals surface area contributed by atoms with Gasteiger partial charge in [-0.1, -0.05) is 30.7 Å². The summed E-state index contributed by atoms with van der Waals surface area (Å²) in [6.07, 6.45) is 1.28. The molecule has 2 N–H and O–H groups in total. The van der Waals surface area contributed by atoms with Crippen LogP contribution in [0.2, 0.25) is 0 Å². The molecule has 2 nitrogen and oxygen atoms in total. The lowest BCUT2D eigenvalue weighted by Gasteiger charge is -2.34. The lowest BCUT2D eigenvalue weighted by Crippen LogP contribution is -2.37. The van der Waals surface area contributed by atoms with Crippen molar-refractivity contribution in [2.24, 2.45) is 5.73 Å². The average molecular weight is 254 g/mol. The van der Waals surface area contributed by atoms with Gasteiger partial charge in [0.05, 0.1) is 0 Å². The van der Waals surface area contributed by atoms with Gasteiger partial charge in [0.15, 0.2) is 0 Å². The second-order valence-electron chi connectivity index (χ2n) is 4.82. The predicted molar refractivity (Wildman–Crippen MR) is 68.6 cm³/mol. The minimum Gasteiger partial charge on any atom is -0.329 e. The zero-order valence-corrected chi connectivity index (χ0v) is 10.5. The van der Waals surface area contributed by atoms with E-state index in [1.807, 2.05) is 0 Å². The van der Waals surface area contributed by atoms with Gasteiger partial charge in [-0.05, 0) is 31.5 Å². The fourth-order valence-electron chi connectivity index (χ4n) is 2.59. The normalized spacial score (nSPS) is 19.1. The first-order chi connectivity index (χ1) is 8.72. The minimum absolute atomic E-state index is 0.0770. The van der Waals surface area contributed by atoms with E-state index in [1.165, 1.54) is 31.4 Å². The van der Waals surface area contributed by atoms with Crippen LogP contribution >= 0.6 is 0 Å². The highest BCUT2D eigenvalue weighted by molar-refractivity contribution is 5.26. The smallest absolute Gasteiger partial charge is 0.263 e. The summed E-state index contributed by atoms with van der Waals surface area (Å²) < 4.78 is 25.0. The molecule has 1 saturated heterocycles. The molecule has 0 aromatic heterocycles. The Hall–Kier alpha value is -1.00. The topological polar surface area (TPSA) is 29.3 Å². The standard InChI is InChI=1S/C14H20F2N2/c15-14(16)12-6-4-11(5-7-12)13(10-17)18-8-2-1-3-9-18/h4-7,13-14H,1-3,8-10,17H2. The summed E-state index contributed by atoms with van der Waals surface area (Å²) in [4.78, 5) is 2.36. The third kappa shape index (κ3) is 3.06. The molecule has 0 saturated carbocycles. The third-order valence-corrected chi connectivity index (χ3v) is 3.63. The number of nitrogens with two attached hydrogens (primary N) is 1. The molecular weight excluding hydrogens is 234 g/mol. The maximum Gasteiger partial charge on any atom is 0.263 e. The van der Waals surface area contributed by atoms with Crippen LogP contribution in [-0.2, 0) is 0 Å². The first-order valence-corrected chi connectivity index (χ1v) is 6.54. The van der Waals surface area contributed by atoms with Gasteiger partial charge in [0.1, 0.15) is 0 Å². The van der Waals surface area contributed by atoms with Crippen LogP contribution < -0.4 is 5.73 Å². The van der Waals surface area contributed by atoms with E-state index >= 15 is 0 Å². The van der Waals surface area contributed by atoms with Crippen LogP contribution in [0.5, 0.6) is 0 Å². The van der Waals surface area contributed by atoms with Gasteiger partial charge in [-0.3, -0.25) is 4.90 Å². The first-order valence-electron chi connectivity index (χ1n) is 6.54. The van der Waals surface area contributed by atoms with E-state index in [1.54, 1.807) is 12.1 Å². The van der Waals surface area contributed by atoms with Gasteiger partial charge in [0, 0.05) is 18.2 Å². The van der Waals surface area contributed by atoms with Crippen LogP contribution in [0.1, 0.15) is 42.9 Å². The van der Waals surface area contributed by atoms with E-state index < -0.39 is 6.43 Å². The summed E-state index contributed by atoms with van der Waals surface area (Å²) in [6, 6.07) is 6.75. The van der Waals surface area contributed by atoms with Gasteiger partial charge in [-0.2, -0.15) is 0 Å². The van der Waals surface area contributed by atoms with Crippen molar-refractivity contribution in [3.05, 3.63) is 35.4 Å².